The van der Waals surface area contributed by atoms with Crippen molar-refractivity contribution in [3.63, 3.8) is 0 Å². The van der Waals surface area contributed by atoms with E-state index in [0.717, 1.165) is 45.3 Å². The summed E-state index contributed by atoms with van der Waals surface area (Å²) >= 11 is 0. The van der Waals surface area contributed by atoms with Gasteiger partial charge in [0.1, 0.15) is 0 Å². The van der Waals surface area contributed by atoms with E-state index < -0.39 is 10.2 Å². The average molecular weight is 262 g/mol. The van der Waals surface area contributed by atoms with Crippen molar-refractivity contribution in [3.8, 4) is 0 Å². The molecule has 0 aromatic carbocycles. The van der Waals surface area contributed by atoms with Gasteiger partial charge in [0.2, 0.25) is 0 Å². The van der Waals surface area contributed by atoms with Crippen LogP contribution in [0.2, 0.25) is 0 Å². The molecule has 1 unspecified atom stereocenters. The minimum atomic E-state index is -3.22. The van der Waals surface area contributed by atoms with E-state index >= 15 is 0 Å². The normalized spacial score (nSPS) is 27.4. The largest absolute Gasteiger partial charge is 0.381 e. The van der Waals surface area contributed by atoms with E-state index in [4.69, 9.17) is 4.74 Å². The highest BCUT2D eigenvalue weighted by Crippen LogP contribution is 2.17. The molecule has 1 atom stereocenters. The Hall–Kier alpha value is -0.170. The number of nitrogens with one attached hydrogen (secondary N) is 1. The first-order chi connectivity index (χ1) is 8.18. The fraction of sp³-hybridized carbons (Fsp3) is 1.00. The smallest absolute Gasteiger partial charge is 0.279 e. The van der Waals surface area contributed by atoms with Crippen LogP contribution in [0.4, 0.5) is 0 Å². The molecule has 17 heavy (non-hydrogen) atoms. The monoisotopic (exact) mass is 262 g/mol. The van der Waals surface area contributed by atoms with Crippen LogP contribution in [-0.2, 0) is 14.9 Å². The molecule has 1 N–H and O–H groups in total. The van der Waals surface area contributed by atoms with Crippen LogP contribution in [0.3, 0.4) is 0 Å². The summed E-state index contributed by atoms with van der Waals surface area (Å²) in [6.07, 6.45) is 5.11. The van der Waals surface area contributed by atoms with E-state index in [-0.39, 0.29) is 0 Å². The van der Waals surface area contributed by atoms with E-state index in [1.54, 1.807) is 4.31 Å². The maximum atomic E-state index is 11.9. The number of ether oxygens (including phenoxy) is 1. The summed E-state index contributed by atoms with van der Waals surface area (Å²) in [4.78, 5) is 0. The third kappa shape index (κ3) is 3.91. The molecule has 0 aliphatic carbocycles. The zero-order valence-electron chi connectivity index (χ0n) is 10.2. The molecule has 0 bridgehead atoms. The number of hydrogen-bond donors (Lipinski definition) is 1. The first-order valence-corrected chi connectivity index (χ1v) is 7.95. The molecule has 6 heteroatoms. The van der Waals surface area contributed by atoms with Gasteiger partial charge in [-0.25, -0.2) is 4.72 Å². The summed E-state index contributed by atoms with van der Waals surface area (Å²) in [6, 6.07) is 0. The molecular weight excluding hydrogens is 240 g/mol. The molecule has 2 saturated heterocycles. The zero-order chi connectivity index (χ0) is 12.1. The standard InChI is InChI=1S/C11H22N2O3S/c14-17(15,13-7-1-2-8-13)12-6-5-11-4-3-9-16-10-11/h11-12H,1-10H2. The molecule has 0 saturated carbocycles. The highest BCUT2D eigenvalue weighted by atomic mass is 32.2. The fourth-order valence-corrected chi connectivity index (χ4v) is 3.74. The van der Waals surface area contributed by atoms with Crippen molar-refractivity contribution in [2.45, 2.75) is 32.1 Å². The second-order valence-electron chi connectivity index (χ2n) is 4.88. The maximum absolute atomic E-state index is 11.9. The number of hydrogen-bond acceptors (Lipinski definition) is 3. The van der Waals surface area contributed by atoms with Crippen molar-refractivity contribution in [3.05, 3.63) is 0 Å². The van der Waals surface area contributed by atoms with Gasteiger partial charge in [0, 0.05) is 32.8 Å². The summed E-state index contributed by atoms with van der Waals surface area (Å²) in [5.41, 5.74) is 0. The lowest BCUT2D eigenvalue weighted by Crippen LogP contribution is -2.39. The first kappa shape index (κ1) is 13.3. The molecule has 2 aliphatic rings. The van der Waals surface area contributed by atoms with Crippen LogP contribution in [0.5, 0.6) is 0 Å². The van der Waals surface area contributed by atoms with Crippen LogP contribution in [-0.4, -0.2) is 45.6 Å². The quantitative estimate of drug-likeness (QED) is 0.795. The molecule has 2 aliphatic heterocycles. The molecule has 2 fully saturated rings. The van der Waals surface area contributed by atoms with Crippen LogP contribution in [0.25, 0.3) is 0 Å². The van der Waals surface area contributed by atoms with Crippen molar-refractivity contribution in [2.24, 2.45) is 5.92 Å². The highest BCUT2D eigenvalue weighted by Gasteiger charge is 2.25. The molecule has 0 aromatic rings. The molecule has 0 aromatic heterocycles. The Balaban J connectivity index is 1.69. The Morgan fingerprint density at radius 1 is 1.24 bits per heavy atom. The van der Waals surface area contributed by atoms with E-state index in [1.165, 1.54) is 0 Å². The van der Waals surface area contributed by atoms with Gasteiger partial charge < -0.3 is 4.74 Å². The Kier molecular flexibility index (Phi) is 4.78. The lowest BCUT2D eigenvalue weighted by Gasteiger charge is -2.22. The topological polar surface area (TPSA) is 58.6 Å². The molecule has 0 radical (unpaired) electrons. The van der Waals surface area contributed by atoms with Gasteiger partial charge >= 0.3 is 0 Å². The summed E-state index contributed by atoms with van der Waals surface area (Å²) in [5, 5.41) is 0. The Morgan fingerprint density at radius 2 is 2.00 bits per heavy atom. The van der Waals surface area contributed by atoms with E-state index in [2.05, 4.69) is 4.72 Å². The maximum Gasteiger partial charge on any atom is 0.279 e. The molecular formula is C11H22N2O3S. The van der Waals surface area contributed by atoms with Gasteiger partial charge in [0.15, 0.2) is 0 Å². The van der Waals surface area contributed by atoms with Crippen molar-refractivity contribution in [1.29, 1.82) is 0 Å². The second kappa shape index (κ2) is 6.13. The molecule has 0 amide bonds. The third-order valence-corrected chi connectivity index (χ3v) is 5.11. The minimum absolute atomic E-state index is 0.519. The van der Waals surface area contributed by atoms with Crippen LogP contribution in [0.1, 0.15) is 32.1 Å². The van der Waals surface area contributed by atoms with Crippen molar-refractivity contribution in [2.75, 3.05) is 32.8 Å². The molecule has 5 nitrogen and oxygen atoms in total. The van der Waals surface area contributed by atoms with E-state index in [9.17, 15) is 8.42 Å². The van der Waals surface area contributed by atoms with E-state index in [1.807, 2.05) is 0 Å². The summed E-state index contributed by atoms with van der Waals surface area (Å²) in [6.45, 7) is 3.51. The molecule has 2 heterocycles. The Morgan fingerprint density at radius 3 is 2.65 bits per heavy atom. The minimum Gasteiger partial charge on any atom is -0.381 e. The van der Waals surface area contributed by atoms with Crippen LogP contribution < -0.4 is 4.72 Å². The lowest BCUT2D eigenvalue weighted by molar-refractivity contribution is 0.0522. The zero-order valence-corrected chi connectivity index (χ0v) is 11.0. The van der Waals surface area contributed by atoms with Gasteiger partial charge in [-0.2, -0.15) is 12.7 Å². The predicted octanol–water partition coefficient (Wildman–Crippen LogP) is 0.733. The third-order valence-electron chi connectivity index (χ3n) is 3.50. The van der Waals surface area contributed by atoms with Crippen molar-refractivity contribution < 1.29 is 13.2 Å². The molecule has 2 rings (SSSR count). The number of rotatable bonds is 5. The van der Waals surface area contributed by atoms with Gasteiger partial charge in [0.05, 0.1) is 0 Å². The van der Waals surface area contributed by atoms with Crippen LogP contribution >= 0.6 is 0 Å². The average Bonchev–Trinajstić information content (AvgIpc) is 2.84. The molecule has 100 valence electrons. The lowest BCUT2D eigenvalue weighted by atomic mass is 9.99. The first-order valence-electron chi connectivity index (χ1n) is 6.51. The SMILES string of the molecule is O=S(=O)(NCCC1CCCOC1)N1CCCC1. The van der Waals surface area contributed by atoms with Gasteiger partial charge in [-0.15, -0.1) is 0 Å². The second-order valence-corrected chi connectivity index (χ2v) is 6.63. The van der Waals surface area contributed by atoms with Crippen LogP contribution in [0, 0.1) is 5.92 Å². The summed E-state index contributed by atoms with van der Waals surface area (Å²) < 4.78 is 33.3. The van der Waals surface area contributed by atoms with E-state index in [0.29, 0.717) is 25.6 Å². The van der Waals surface area contributed by atoms with Gasteiger partial charge in [-0.1, -0.05) is 0 Å². The van der Waals surface area contributed by atoms with Crippen molar-refractivity contribution in [1.82, 2.24) is 9.03 Å². The Bertz CT molecular complexity index is 320. The summed E-state index contributed by atoms with van der Waals surface area (Å²) in [5.74, 6) is 0.519. The number of nitrogens with zero attached hydrogens (tertiary/aromatic N) is 1. The van der Waals surface area contributed by atoms with Gasteiger partial charge in [0.25, 0.3) is 10.2 Å². The van der Waals surface area contributed by atoms with Crippen molar-refractivity contribution >= 4 is 10.2 Å². The summed E-state index contributed by atoms with van der Waals surface area (Å²) in [7, 11) is -3.22. The molecule has 0 spiro atoms. The Labute approximate surface area is 104 Å². The fourth-order valence-electron chi connectivity index (χ4n) is 2.45. The predicted molar refractivity (Wildman–Crippen MR) is 65.9 cm³/mol. The van der Waals surface area contributed by atoms with Gasteiger partial charge in [-0.05, 0) is 38.0 Å². The highest BCUT2D eigenvalue weighted by molar-refractivity contribution is 7.87. The van der Waals surface area contributed by atoms with Gasteiger partial charge in [-0.3, -0.25) is 0 Å². The van der Waals surface area contributed by atoms with Crippen LogP contribution in [0.15, 0.2) is 0 Å².